The molecule has 0 saturated carbocycles. The molecular formula is C17H22N2O2. The predicted molar refractivity (Wildman–Crippen MR) is 82.9 cm³/mol. The minimum Gasteiger partial charge on any atom is -0.370 e. The van der Waals surface area contributed by atoms with Crippen LogP contribution in [0.4, 0.5) is 0 Å². The molecule has 0 radical (unpaired) electrons. The summed E-state index contributed by atoms with van der Waals surface area (Å²) >= 11 is 0. The van der Waals surface area contributed by atoms with E-state index in [9.17, 15) is 9.59 Å². The standard InChI is InChI=1S/C17H22N2O2/c1-3-5-10-19(11-6-4-2)14-12-15(20)17(21)13-8-7-9-18-16(13)14/h7-9,12H,3-6,10-11H2,1-2H3. The van der Waals surface area contributed by atoms with E-state index < -0.39 is 11.6 Å². The van der Waals surface area contributed by atoms with Gasteiger partial charge in [0, 0.05) is 25.4 Å². The van der Waals surface area contributed by atoms with Crippen LogP contribution in [0.3, 0.4) is 0 Å². The molecule has 21 heavy (non-hydrogen) atoms. The van der Waals surface area contributed by atoms with Gasteiger partial charge in [0.2, 0.25) is 11.6 Å². The molecule has 1 aliphatic carbocycles. The summed E-state index contributed by atoms with van der Waals surface area (Å²) in [6, 6.07) is 3.39. The zero-order valence-corrected chi connectivity index (χ0v) is 12.8. The number of aromatic nitrogens is 1. The van der Waals surface area contributed by atoms with Crippen molar-refractivity contribution in [1.29, 1.82) is 0 Å². The van der Waals surface area contributed by atoms with Crippen molar-refractivity contribution in [3.05, 3.63) is 35.7 Å². The Balaban J connectivity index is 2.36. The van der Waals surface area contributed by atoms with Crippen LogP contribution in [0.1, 0.15) is 55.6 Å². The summed E-state index contributed by atoms with van der Waals surface area (Å²) < 4.78 is 0. The number of carbonyl (C=O) groups excluding carboxylic acids is 2. The molecule has 0 amide bonds. The summed E-state index contributed by atoms with van der Waals surface area (Å²) in [5.74, 6) is -0.892. The molecule has 0 bridgehead atoms. The lowest BCUT2D eigenvalue weighted by atomic mass is 9.96. The van der Waals surface area contributed by atoms with E-state index in [1.807, 2.05) is 0 Å². The van der Waals surface area contributed by atoms with Gasteiger partial charge in [0.05, 0.1) is 17.0 Å². The molecule has 1 aliphatic rings. The second-order valence-corrected chi connectivity index (χ2v) is 5.32. The average molecular weight is 286 g/mol. The molecular weight excluding hydrogens is 264 g/mol. The largest absolute Gasteiger partial charge is 0.370 e. The fourth-order valence-corrected chi connectivity index (χ4v) is 2.48. The molecule has 1 aromatic rings. The molecule has 0 aliphatic heterocycles. The highest BCUT2D eigenvalue weighted by Crippen LogP contribution is 2.26. The van der Waals surface area contributed by atoms with Crippen molar-refractivity contribution in [2.45, 2.75) is 39.5 Å². The van der Waals surface area contributed by atoms with Crippen molar-refractivity contribution < 1.29 is 9.59 Å². The normalized spacial score (nSPS) is 13.9. The predicted octanol–water partition coefficient (Wildman–Crippen LogP) is 3.09. The van der Waals surface area contributed by atoms with Crippen molar-refractivity contribution in [3.63, 3.8) is 0 Å². The summed E-state index contributed by atoms with van der Waals surface area (Å²) in [4.78, 5) is 30.4. The van der Waals surface area contributed by atoms with Crippen LogP contribution in [0.2, 0.25) is 0 Å². The number of allylic oxidation sites excluding steroid dienone is 1. The van der Waals surface area contributed by atoms with E-state index in [4.69, 9.17) is 0 Å². The zero-order valence-electron chi connectivity index (χ0n) is 12.8. The number of carbonyl (C=O) groups is 2. The Morgan fingerprint density at radius 3 is 2.38 bits per heavy atom. The minimum absolute atomic E-state index is 0.429. The van der Waals surface area contributed by atoms with E-state index in [0.717, 1.165) is 44.5 Å². The van der Waals surface area contributed by atoms with E-state index >= 15 is 0 Å². The van der Waals surface area contributed by atoms with Crippen molar-refractivity contribution in [1.82, 2.24) is 9.88 Å². The lowest BCUT2D eigenvalue weighted by Crippen LogP contribution is -2.30. The van der Waals surface area contributed by atoms with Crippen LogP contribution in [0.25, 0.3) is 5.70 Å². The number of fused-ring (bicyclic) bond motifs is 1. The molecule has 4 nitrogen and oxygen atoms in total. The molecule has 0 spiro atoms. The first-order valence-electron chi connectivity index (χ1n) is 7.69. The van der Waals surface area contributed by atoms with Gasteiger partial charge in [-0.3, -0.25) is 14.6 Å². The lowest BCUT2D eigenvalue weighted by molar-refractivity contribution is -0.111. The van der Waals surface area contributed by atoms with E-state index in [1.54, 1.807) is 18.3 Å². The smallest absolute Gasteiger partial charge is 0.235 e. The van der Waals surface area contributed by atoms with Crippen molar-refractivity contribution in [2.24, 2.45) is 0 Å². The number of nitrogens with zero attached hydrogens (tertiary/aromatic N) is 2. The van der Waals surface area contributed by atoms with Gasteiger partial charge >= 0.3 is 0 Å². The molecule has 1 aromatic heterocycles. The first-order chi connectivity index (χ1) is 10.2. The average Bonchev–Trinajstić information content (AvgIpc) is 2.51. The first-order valence-corrected chi connectivity index (χ1v) is 7.69. The second-order valence-electron chi connectivity index (χ2n) is 5.32. The molecule has 0 fully saturated rings. The van der Waals surface area contributed by atoms with Gasteiger partial charge < -0.3 is 4.90 Å². The third-order valence-electron chi connectivity index (χ3n) is 3.69. The Kier molecular flexibility index (Phi) is 5.26. The Labute approximate surface area is 125 Å². The lowest BCUT2D eigenvalue weighted by Gasteiger charge is -2.29. The Morgan fingerprint density at radius 2 is 1.76 bits per heavy atom. The van der Waals surface area contributed by atoms with E-state index in [0.29, 0.717) is 11.3 Å². The third kappa shape index (κ3) is 3.38. The van der Waals surface area contributed by atoms with Crippen molar-refractivity contribution >= 4 is 17.3 Å². The van der Waals surface area contributed by atoms with Crippen molar-refractivity contribution in [3.8, 4) is 0 Å². The van der Waals surface area contributed by atoms with E-state index in [-0.39, 0.29) is 0 Å². The number of hydrogen-bond acceptors (Lipinski definition) is 4. The minimum atomic E-state index is -0.451. The molecule has 0 saturated heterocycles. The van der Waals surface area contributed by atoms with Gasteiger partial charge in [0.1, 0.15) is 0 Å². The van der Waals surface area contributed by atoms with Crippen LogP contribution in [0.15, 0.2) is 24.4 Å². The summed E-state index contributed by atoms with van der Waals surface area (Å²) in [6.07, 6.45) is 7.45. The second kappa shape index (κ2) is 7.16. The maximum absolute atomic E-state index is 12.0. The summed E-state index contributed by atoms with van der Waals surface area (Å²) in [5, 5.41) is 0. The molecule has 4 heteroatoms. The molecule has 2 rings (SSSR count). The Morgan fingerprint density at radius 1 is 1.10 bits per heavy atom. The summed E-state index contributed by atoms with van der Waals surface area (Å²) in [6.45, 7) is 6.07. The summed E-state index contributed by atoms with van der Waals surface area (Å²) in [5.41, 5.74) is 1.88. The highest BCUT2D eigenvalue weighted by molar-refractivity contribution is 6.50. The molecule has 112 valence electrons. The number of hydrogen-bond donors (Lipinski definition) is 0. The van der Waals surface area contributed by atoms with Crippen LogP contribution in [-0.2, 0) is 4.79 Å². The van der Waals surface area contributed by atoms with Crippen LogP contribution >= 0.6 is 0 Å². The Hall–Kier alpha value is -1.97. The maximum atomic E-state index is 12.0. The van der Waals surface area contributed by atoms with Gasteiger partial charge in [-0.15, -0.1) is 0 Å². The van der Waals surface area contributed by atoms with Crippen molar-refractivity contribution in [2.75, 3.05) is 13.1 Å². The first kappa shape index (κ1) is 15.4. The van der Waals surface area contributed by atoms with Gasteiger partial charge in [-0.1, -0.05) is 26.7 Å². The van der Waals surface area contributed by atoms with Crippen LogP contribution in [0, 0.1) is 0 Å². The molecule has 0 atom stereocenters. The van der Waals surface area contributed by atoms with Gasteiger partial charge in [-0.2, -0.15) is 0 Å². The van der Waals surface area contributed by atoms with E-state index in [2.05, 4.69) is 23.7 Å². The number of ketones is 2. The van der Waals surface area contributed by atoms with Crippen LogP contribution in [-0.4, -0.2) is 34.5 Å². The zero-order chi connectivity index (χ0) is 15.2. The number of unbranched alkanes of at least 4 members (excludes halogenated alkanes) is 2. The topological polar surface area (TPSA) is 50.3 Å². The number of Topliss-reactive ketones (excluding diaryl/α,β-unsaturated/α-hetero) is 1. The van der Waals surface area contributed by atoms with Crippen LogP contribution < -0.4 is 0 Å². The Bertz CT molecular complexity index is 556. The van der Waals surface area contributed by atoms with E-state index in [1.165, 1.54) is 6.08 Å². The quantitative estimate of drug-likeness (QED) is 0.723. The fraction of sp³-hybridized carbons (Fsp3) is 0.471. The third-order valence-corrected chi connectivity index (χ3v) is 3.69. The monoisotopic (exact) mass is 286 g/mol. The fourth-order valence-electron chi connectivity index (χ4n) is 2.48. The van der Waals surface area contributed by atoms with Gasteiger partial charge in [0.15, 0.2) is 0 Å². The van der Waals surface area contributed by atoms with Crippen LogP contribution in [0.5, 0.6) is 0 Å². The molecule has 0 aromatic carbocycles. The highest BCUT2D eigenvalue weighted by atomic mass is 16.2. The SMILES string of the molecule is CCCCN(CCCC)C1=CC(=O)C(=O)c2cccnc21. The summed E-state index contributed by atoms with van der Waals surface area (Å²) in [7, 11) is 0. The number of rotatable bonds is 7. The maximum Gasteiger partial charge on any atom is 0.235 e. The molecule has 1 heterocycles. The van der Waals surface area contributed by atoms with Gasteiger partial charge in [0.25, 0.3) is 0 Å². The molecule has 0 N–H and O–H groups in total. The number of pyridine rings is 1. The molecule has 0 unspecified atom stereocenters. The van der Waals surface area contributed by atoms with Gasteiger partial charge in [-0.25, -0.2) is 0 Å². The van der Waals surface area contributed by atoms with Gasteiger partial charge in [-0.05, 0) is 25.0 Å². The highest BCUT2D eigenvalue weighted by Gasteiger charge is 2.28.